The van der Waals surface area contributed by atoms with Gasteiger partial charge in [-0.2, -0.15) is 5.26 Å². The fraction of sp³-hybridized carbons (Fsp3) is 0.917. The molecule has 2 atom stereocenters. The molecule has 1 heterocycles. The van der Waals surface area contributed by atoms with Crippen molar-refractivity contribution in [1.82, 2.24) is 9.21 Å². The second kappa shape index (κ2) is 6.50. The van der Waals surface area contributed by atoms with Crippen LogP contribution in [0, 0.1) is 11.3 Å². The van der Waals surface area contributed by atoms with E-state index < -0.39 is 15.3 Å². The SMILES string of the molecule is CCC(C#N)S(=O)(=O)N(C)CC1CCCN1CC. The standard InChI is InChI=1S/C12H23N3O2S/c1-4-12(9-13)18(16,17)14(3)10-11-7-6-8-15(11)5-2/h11-12H,4-8,10H2,1-3H3. The Morgan fingerprint density at radius 1 is 1.50 bits per heavy atom. The summed E-state index contributed by atoms with van der Waals surface area (Å²) in [6, 6.07) is 2.18. The number of nitriles is 1. The van der Waals surface area contributed by atoms with Crippen LogP contribution in [0.5, 0.6) is 0 Å². The van der Waals surface area contributed by atoms with Gasteiger partial charge >= 0.3 is 0 Å². The third-order valence-electron chi connectivity index (χ3n) is 3.68. The maximum Gasteiger partial charge on any atom is 0.230 e. The van der Waals surface area contributed by atoms with Crippen molar-refractivity contribution in [2.24, 2.45) is 0 Å². The molecule has 5 nitrogen and oxygen atoms in total. The summed E-state index contributed by atoms with van der Waals surface area (Å²) in [5.74, 6) is 0. The number of rotatable bonds is 6. The second-order valence-corrected chi connectivity index (χ2v) is 7.00. The van der Waals surface area contributed by atoms with E-state index in [2.05, 4.69) is 11.8 Å². The van der Waals surface area contributed by atoms with Gasteiger partial charge in [-0.3, -0.25) is 4.90 Å². The average Bonchev–Trinajstić information content (AvgIpc) is 2.77. The van der Waals surface area contributed by atoms with Gasteiger partial charge in [0.2, 0.25) is 10.0 Å². The van der Waals surface area contributed by atoms with Gasteiger partial charge in [-0.25, -0.2) is 12.7 Å². The predicted octanol–water partition coefficient (Wildman–Crippen LogP) is 1.03. The van der Waals surface area contributed by atoms with E-state index >= 15 is 0 Å². The summed E-state index contributed by atoms with van der Waals surface area (Å²) in [7, 11) is -1.89. The van der Waals surface area contributed by atoms with Crippen molar-refractivity contribution < 1.29 is 8.42 Å². The van der Waals surface area contributed by atoms with Crippen LogP contribution in [0.15, 0.2) is 0 Å². The number of hydrogen-bond acceptors (Lipinski definition) is 4. The lowest BCUT2D eigenvalue weighted by Gasteiger charge is -2.28. The van der Waals surface area contributed by atoms with E-state index in [4.69, 9.17) is 5.26 Å². The Labute approximate surface area is 110 Å². The minimum absolute atomic E-state index is 0.297. The highest BCUT2D eigenvalue weighted by atomic mass is 32.2. The molecule has 1 fully saturated rings. The first-order valence-corrected chi connectivity index (χ1v) is 8.06. The molecule has 0 N–H and O–H groups in total. The summed E-state index contributed by atoms with van der Waals surface area (Å²) in [5.41, 5.74) is 0. The van der Waals surface area contributed by atoms with Gasteiger partial charge in [0.15, 0.2) is 5.25 Å². The normalized spacial score (nSPS) is 23.2. The minimum atomic E-state index is -3.47. The van der Waals surface area contributed by atoms with Crippen LogP contribution in [0.4, 0.5) is 0 Å². The quantitative estimate of drug-likeness (QED) is 0.725. The van der Waals surface area contributed by atoms with Crippen molar-refractivity contribution >= 4 is 10.0 Å². The Hall–Kier alpha value is -0.640. The molecule has 0 amide bonds. The van der Waals surface area contributed by atoms with Crippen LogP contribution < -0.4 is 0 Å². The number of hydrogen-bond donors (Lipinski definition) is 0. The molecule has 2 unspecified atom stereocenters. The van der Waals surface area contributed by atoms with Gasteiger partial charge in [0.1, 0.15) is 0 Å². The van der Waals surface area contributed by atoms with E-state index in [1.54, 1.807) is 14.0 Å². The fourth-order valence-electron chi connectivity index (χ4n) is 2.50. The molecule has 0 bridgehead atoms. The second-order valence-electron chi connectivity index (χ2n) is 4.78. The van der Waals surface area contributed by atoms with Crippen LogP contribution in [-0.2, 0) is 10.0 Å². The molecule has 1 aliphatic rings. The van der Waals surface area contributed by atoms with Gasteiger partial charge in [-0.05, 0) is 32.4 Å². The van der Waals surface area contributed by atoms with Crippen molar-refractivity contribution in [3.63, 3.8) is 0 Å². The van der Waals surface area contributed by atoms with E-state index in [1.165, 1.54) is 4.31 Å². The smallest absolute Gasteiger partial charge is 0.230 e. The molecule has 0 aliphatic carbocycles. The van der Waals surface area contributed by atoms with Gasteiger partial charge in [0.25, 0.3) is 0 Å². The van der Waals surface area contributed by atoms with Crippen LogP contribution in [0.3, 0.4) is 0 Å². The van der Waals surface area contributed by atoms with Gasteiger partial charge in [-0.1, -0.05) is 13.8 Å². The molecule has 0 aromatic rings. The van der Waals surface area contributed by atoms with Crippen molar-refractivity contribution in [2.75, 3.05) is 26.7 Å². The highest BCUT2D eigenvalue weighted by molar-refractivity contribution is 7.89. The van der Waals surface area contributed by atoms with E-state index in [0.717, 1.165) is 25.9 Å². The predicted molar refractivity (Wildman–Crippen MR) is 71.5 cm³/mol. The highest BCUT2D eigenvalue weighted by Crippen LogP contribution is 2.19. The Bertz CT molecular complexity index is 402. The maximum atomic E-state index is 12.2. The minimum Gasteiger partial charge on any atom is -0.299 e. The van der Waals surface area contributed by atoms with E-state index in [-0.39, 0.29) is 0 Å². The van der Waals surface area contributed by atoms with E-state index in [0.29, 0.717) is 19.0 Å². The average molecular weight is 273 g/mol. The first-order chi connectivity index (χ1) is 8.47. The van der Waals surface area contributed by atoms with Gasteiger partial charge in [-0.15, -0.1) is 0 Å². The summed E-state index contributed by atoms with van der Waals surface area (Å²) in [4.78, 5) is 2.30. The van der Waals surface area contributed by atoms with Crippen LogP contribution in [0.2, 0.25) is 0 Å². The molecule has 0 aromatic carbocycles. The maximum absolute atomic E-state index is 12.2. The molecule has 1 saturated heterocycles. The lowest BCUT2D eigenvalue weighted by atomic mass is 10.2. The largest absolute Gasteiger partial charge is 0.299 e. The number of likely N-dealkylation sites (tertiary alicyclic amines) is 1. The zero-order valence-electron chi connectivity index (χ0n) is 11.5. The molecular weight excluding hydrogens is 250 g/mol. The Morgan fingerprint density at radius 3 is 2.67 bits per heavy atom. The third-order valence-corrected chi connectivity index (χ3v) is 5.86. The third kappa shape index (κ3) is 3.22. The Kier molecular flexibility index (Phi) is 5.57. The summed E-state index contributed by atoms with van der Waals surface area (Å²) in [6.07, 6.45) is 2.50. The van der Waals surface area contributed by atoms with E-state index in [1.807, 2.05) is 6.07 Å². The van der Waals surface area contributed by atoms with Crippen molar-refractivity contribution in [1.29, 1.82) is 5.26 Å². The van der Waals surface area contributed by atoms with Crippen LogP contribution in [0.25, 0.3) is 0 Å². The Balaban J connectivity index is 2.70. The molecule has 18 heavy (non-hydrogen) atoms. The lowest BCUT2D eigenvalue weighted by Crippen LogP contribution is -2.43. The highest BCUT2D eigenvalue weighted by Gasteiger charge is 2.32. The molecule has 104 valence electrons. The molecule has 1 rings (SSSR count). The number of sulfonamides is 1. The Morgan fingerprint density at radius 2 is 2.17 bits per heavy atom. The van der Waals surface area contributed by atoms with Crippen LogP contribution in [0.1, 0.15) is 33.1 Å². The van der Waals surface area contributed by atoms with Gasteiger partial charge < -0.3 is 0 Å². The first-order valence-electron chi connectivity index (χ1n) is 6.56. The zero-order valence-corrected chi connectivity index (χ0v) is 12.3. The molecule has 0 radical (unpaired) electrons. The number of nitrogens with zero attached hydrogens (tertiary/aromatic N) is 3. The summed E-state index contributed by atoms with van der Waals surface area (Å²) in [5, 5.41) is 7.99. The number of likely N-dealkylation sites (N-methyl/N-ethyl adjacent to an activating group) is 2. The van der Waals surface area contributed by atoms with Crippen LogP contribution in [-0.4, -0.2) is 55.6 Å². The lowest BCUT2D eigenvalue weighted by molar-refractivity contribution is 0.237. The topological polar surface area (TPSA) is 64.4 Å². The van der Waals surface area contributed by atoms with Crippen molar-refractivity contribution in [2.45, 2.75) is 44.4 Å². The monoisotopic (exact) mass is 273 g/mol. The van der Waals surface area contributed by atoms with Crippen molar-refractivity contribution in [3.05, 3.63) is 0 Å². The molecule has 0 spiro atoms. The molecule has 0 aromatic heterocycles. The molecule has 1 aliphatic heterocycles. The summed E-state index contributed by atoms with van der Waals surface area (Å²) < 4.78 is 25.7. The fourth-order valence-corrected chi connectivity index (χ4v) is 3.87. The molecule has 0 saturated carbocycles. The van der Waals surface area contributed by atoms with Gasteiger partial charge in [0, 0.05) is 19.6 Å². The van der Waals surface area contributed by atoms with E-state index in [9.17, 15) is 8.42 Å². The summed E-state index contributed by atoms with van der Waals surface area (Å²) in [6.45, 7) is 6.32. The molecule has 6 heteroatoms. The first kappa shape index (κ1) is 15.4. The zero-order chi connectivity index (χ0) is 13.8. The summed E-state index contributed by atoms with van der Waals surface area (Å²) >= 11 is 0. The van der Waals surface area contributed by atoms with Crippen molar-refractivity contribution in [3.8, 4) is 6.07 Å². The molecular formula is C12H23N3O2S. The van der Waals surface area contributed by atoms with Gasteiger partial charge in [0.05, 0.1) is 6.07 Å². The van der Waals surface area contributed by atoms with Crippen LogP contribution >= 0.6 is 0 Å².